The second kappa shape index (κ2) is 6.24. The molecule has 1 aliphatic heterocycles. The van der Waals surface area contributed by atoms with Crippen molar-refractivity contribution in [2.24, 2.45) is 11.8 Å². The molecule has 0 N–H and O–H groups in total. The molecule has 2 unspecified atom stereocenters. The highest BCUT2D eigenvalue weighted by molar-refractivity contribution is 7.86. The summed E-state index contributed by atoms with van der Waals surface area (Å²) in [7, 11) is -1.70. The van der Waals surface area contributed by atoms with Crippen molar-refractivity contribution >= 4 is 10.2 Å². The summed E-state index contributed by atoms with van der Waals surface area (Å²) in [5.74, 6) is 0.859. The zero-order valence-electron chi connectivity index (χ0n) is 12.5. The largest absolute Gasteiger partial charge is 0.282 e. The van der Waals surface area contributed by atoms with Crippen LogP contribution in [-0.2, 0) is 16.8 Å². The van der Waals surface area contributed by atoms with Crippen LogP contribution >= 0.6 is 0 Å². The number of benzene rings is 1. The molecule has 112 valence electrons. The lowest BCUT2D eigenvalue weighted by atomic mass is 9.94. The Labute approximate surface area is 122 Å². The molecule has 1 aliphatic rings. The maximum absolute atomic E-state index is 12.6. The van der Waals surface area contributed by atoms with Gasteiger partial charge < -0.3 is 0 Å². The maximum Gasteiger partial charge on any atom is 0.282 e. The first-order chi connectivity index (χ1) is 9.39. The number of hydrogen-bond acceptors (Lipinski definition) is 2. The van der Waals surface area contributed by atoms with Crippen molar-refractivity contribution in [2.45, 2.75) is 26.8 Å². The van der Waals surface area contributed by atoms with Gasteiger partial charge in [-0.1, -0.05) is 44.2 Å². The predicted molar refractivity (Wildman–Crippen MR) is 81.3 cm³/mol. The van der Waals surface area contributed by atoms with E-state index in [4.69, 9.17) is 0 Å². The van der Waals surface area contributed by atoms with E-state index in [9.17, 15) is 8.42 Å². The van der Waals surface area contributed by atoms with Crippen LogP contribution in [-0.4, -0.2) is 37.2 Å². The third-order valence-corrected chi connectivity index (χ3v) is 5.67. The van der Waals surface area contributed by atoms with Crippen molar-refractivity contribution in [1.29, 1.82) is 0 Å². The Morgan fingerprint density at radius 1 is 1.15 bits per heavy atom. The molecule has 20 heavy (non-hydrogen) atoms. The fraction of sp³-hybridized carbons (Fsp3) is 0.600. The van der Waals surface area contributed by atoms with E-state index in [2.05, 4.69) is 13.8 Å². The van der Waals surface area contributed by atoms with Crippen LogP contribution in [0.3, 0.4) is 0 Å². The minimum absolute atomic E-state index is 0.419. The van der Waals surface area contributed by atoms with Crippen molar-refractivity contribution in [3.63, 3.8) is 0 Å². The van der Waals surface area contributed by atoms with Crippen molar-refractivity contribution in [3.8, 4) is 0 Å². The molecule has 0 amide bonds. The zero-order chi connectivity index (χ0) is 14.8. The molecule has 4 nitrogen and oxygen atoms in total. The molecule has 1 fully saturated rings. The van der Waals surface area contributed by atoms with Gasteiger partial charge in [-0.15, -0.1) is 0 Å². The molecule has 1 aromatic carbocycles. The minimum atomic E-state index is -3.36. The molecule has 1 saturated heterocycles. The number of hydrogen-bond donors (Lipinski definition) is 0. The average Bonchev–Trinajstić information content (AvgIpc) is 2.38. The molecule has 0 bridgehead atoms. The highest BCUT2D eigenvalue weighted by atomic mass is 32.2. The van der Waals surface area contributed by atoms with Crippen molar-refractivity contribution < 1.29 is 8.42 Å². The Morgan fingerprint density at radius 2 is 1.70 bits per heavy atom. The molecular weight excluding hydrogens is 272 g/mol. The zero-order valence-corrected chi connectivity index (χ0v) is 13.3. The van der Waals surface area contributed by atoms with Gasteiger partial charge in [0, 0.05) is 26.7 Å². The molecule has 0 saturated carbocycles. The van der Waals surface area contributed by atoms with Gasteiger partial charge in [0.15, 0.2) is 0 Å². The van der Waals surface area contributed by atoms with Crippen LogP contribution < -0.4 is 0 Å². The summed E-state index contributed by atoms with van der Waals surface area (Å²) < 4.78 is 28.4. The van der Waals surface area contributed by atoms with Crippen LogP contribution in [0.2, 0.25) is 0 Å². The van der Waals surface area contributed by atoms with Crippen LogP contribution in [0.25, 0.3) is 0 Å². The quantitative estimate of drug-likeness (QED) is 0.855. The predicted octanol–water partition coefficient (Wildman–Crippen LogP) is 2.34. The Morgan fingerprint density at radius 3 is 2.25 bits per heavy atom. The third-order valence-electron chi connectivity index (χ3n) is 3.80. The van der Waals surface area contributed by atoms with Gasteiger partial charge in [0.2, 0.25) is 0 Å². The highest BCUT2D eigenvalue weighted by Gasteiger charge is 2.33. The van der Waals surface area contributed by atoms with Crippen LogP contribution in [0.5, 0.6) is 0 Å². The number of piperidine rings is 1. The van der Waals surface area contributed by atoms with Crippen LogP contribution in [0.4, 0.5) is 0 Å². The van der Waals surface area contributed by atoms with Crippen molar-refractivity contribution in [3.05, 3.63) is 35.9 Å². The first kappa shape index (κ1) is 15.5. The first-order valence-electron chi connectivity index (χ1n) is 7.15. The monoisotopic (exact) mass is 296 g/mol. The Kier molecular flexibility index (Phi) is 4.83. The SMILES string of the molecule is CC1CC(C)CN(S(=O)(=O)N(C)Cc2ccccc2)C1. The molecule has 0 radical (unpaired) electrons. The highest BCUT2D eigenvalue weighted by Crippen LogP contribution is 2.24. The van der Waals surface area contributed by atoms with E-state index in [1.54, 1.807) is 11.4 Å². The fourth-order valence-electron chi connectivity index (χ4n) is 2.91. The molecule has 1 heterocycles. The fourth-order valence-corrected chi connectivity index (χ4v) is 4.51. The molecule has 0 aliphatic carbocycles. The second-order valence-corrected chi connectivity index (χ2v) is 8.05. The van der Waals surface area contributed by atoms with Gasteiger partial charge in [-0.2, -0.15) is 17.0 Å². The maximum atomic E-state index is 12.6. The van der Waals surface area contributed by atoms with Gasteiger partial charge in [-0.05, 0) is 23.8 Å². The summed E-state index contributed by atoms with van der Waals surface area (Å²) in [6, 6.07) is 9.70. The van der Waals surface area contributed by atoms with Gasteiger partial charge in [0.05, 0.1) is 0 Å². The molecule has 2 rings (SSSR count). The second-order valence-electron chi connectivity index (χ2n) is 6.01. The number of rotatable bonds is 4. The van der Waals surface area contributed by atoms with Gasteiger partial charge >= 0.3 is 0 Å². The molecule has 5 heteroatoms. The molecule has 1 aromatic rings. The summed E-state index contributed by atoms with van der Waals surface area (Å²) in [5.41, 5.74) is 1.01. The Balaban J connectivity index is 2.09. The van der Waals surface area contributed by atoms with Gasteiger partial charge in [-0.3, -0.25) is 0 Å². The van der Waals surface area contributed by atoms with E-state index in [0.717, 1.165) is 12.0 Å². The van der Waals surface area contributed by atoms with Gasteiger partial charge in [0.25, 0.3) is 10.2 Å². The summed E-state index contributed by atoms with van der Waals surface area (Å²) in [6.45, 7) is 5.92. The minimum Gasteiger partial charge on any atom is -0.195 e. The van der Waals surface area contributed by atoms with Crippen LogP contribution in [0.1, 0.15) is 25.8 Å². The van der Waals surface area contributed by atoms with E-state index in [-0.39, 0.29) is 0 Å². The lowest BCUT2D eigenvalue weighted by molar-refractivity contribution is 0.211. The van der Waals surface area contributed by atoms with Gasteiger partial charge in [-0.25, -0.2) is 0 Å². The normalized spacial score (nSPS) is 25.0. The van der Waals surface area contributed by atoms with E-state index in [0.29, 0.717) is 31.5 Å². The van der Waals surface area contributed by atoms with Crippen LogP contribution in [0.15, 0.2) is 30.3 Å². The van der Waals surface area contributed by atoms with Crippen molar-refractivity contribution in [1.82, 2.24) is 8.61 Å². The summed E-state index contributed by atoms with van der Waals surface area (Å²) >= 11 is 0. The summed E-state index contributed by atoms with van der Waals surface area (Å²) in [6.07, 6.45) is 1.11. The third kappa shape index (κ3) is 3.59. The molecule has 0 spiro atoms. The molecule has 0 aromatic heterocycles. The smallest absolute Gasteiger partial charge is 0.195 e. The van der Waals surface area contributed by atoms with E-state index in [1.165, 1.54) is 4.31 Å². The summed E-state index contributed by atoms with van der Waals surface area (Å²) in [5, 5.41) is 0. The lowest BCUT2D eigenvalue weighted by Crippen LogP contribution is -2.48. The van der Waals surface area contributed by atoms with Crippen LogP contribution in [0, 0.1) is 11.8 Å². The Hall–Kier alpha value is -0.910. The standard InChI is InChI=1S/C15H24N2O2S/c1-13-9-14(2)11-17(10-13)20(18,19)16(3)12-15-7-5-4-6-8-15/h4-8,13-14H,9-12H2,1-3H3. The first-order valence-corrected chi connectivity index (χ1v) is 8.54. The van der Waals surface area contributed by atoms with E-state index < -0.39 is 10.2 Å². The van der Waals surface area contributed by atoms with Gasteiger partial charge in [0.1, 0.15) is 0 Å². The lowest BCUT2D eigenvalue weighted by Gasteiger charge is -2.36. The average molecular weight is 296 g/mol. The molecule has 2 atom stereocenters. The number of nitrogens with zero attached hydrogens (tertiary/aromatic N) is 2. The van der Waals surface area contributed by atoms with Crippen molar-refractivity contribution in [2.75, 3.05) is 20.1 Å². The van der Waals surface area contributed by atoms with E-state index in [1.807, 2.05) is 30.3 Å². The Bertz CT molecular complexity index is 520. The molecular formula is C15H24N2O2S. The topological polar surface area (TPSA) is 40.6 Å². The summed E-state index contributed by atoms with van der Waals surface area (Å²) in [4.78, 5) is 0. The van der Waals surface area contributed by atoms with E-state index >= 15 is 0 Å².